The van der Waals surface area contributed by atoms with E-state index in [0.29, 0.717) is 4.47 Å². The number of ether oxygens (including phenoxy) is 1. The van der Waals surface area contributed by atoms with E-state index in [2.05, 4.69) is 25.9 Å². The van der Waals surface area contributed by atoms with Gasteiger partial charge in [0.15, 0.2) is 0 Å². The molecule has 0 saturated carbocycles. The van der Waals surface area contributed by atoms with E-state index in [0.717, 1.165) is 6.33 Å². The monoisotopic (exact) mass is 355 g/mol. The third-order valence-electron chi connectivity index (χ3n) is 2.32. The van der Waals surface area contributed by atoms with E-state index < -0.39 is 27.2 Å². The molecule has 2 N–H and O–H groups in total. The van der Waals surface area contributed by atoms with Gasteiger partial charge in [0, 0.05) is 10.5 Å². The van der Waals surface area contributed by atoms with Crippen molar-refractivity contribution in [2.24, 2.45) is 0 Å². The Balaban J connectivity index is 2.51. The minimum absolute atomic E-state index is 0.204. The van der Waals surface area contributed by atoms with E-state index in [4.69, 9.17) is 10.5 Å². The molecule has 0 amide bonds. The normalized spacial score (nSPS) is 10.1. The summed E-state index contributed by atoms with van der Waals surface area (Å²) >= 11 is 3.09. The first-order valence-corrected chi connectivity index (χ1v) is 6.06. The van der Waals surface area contributed by atoms with Crippen LogP contribution >= 0.6 is 15.9 Å². The maximum absolute atomic E-state index is 11.0. The van der Waals surface area contributed by atoms with Crippen LogP contribution in [0.25, 0.3) is 0 Å². The zero-order chi connectivity index (χ0) is 15.6. The summed E-state index contributed by atoms with van der Waals surface area (Å²) in [5, 5.41) is 21.9. The lowest BCUT2D eigenvalue weighted by molar-refractivity contribution is -0.387. The van der Waals surface area contributed by atoms with E-state index >= 15 is 0 Å². The zero-order valence-electron chi connectivity index (χ0n) is 10.1. The number of nitrogens with two attached hydrogens (primary N) is 1. The average molecular weight is 356 g/mol. The molecule has 0 radical (unpaired) electrons. The van der Waals surface area contributed by atoms with Crippen molar-refractivity contribution in [3.8, 4) is 11.6 Å². The van der Waals surface area contributed by atoms with Crippen molar-refractivity contribution in [3.63, 3.8) is 0 Å². The summed E-state index contributed by atoms with van der Waals surface area (Å²) in [4.78, 5) is 27.5. The molecule has 0 bridgehead atoms. The van der Waals surface area contributed by atoms with Gasteiger partial charge in [-0.3, -0.25) is 20.2 Å². The fraction of sp³-hybridized carbons (Fsp3) is 0. The zero-order valence-corrected chi connectivity index (χ0v) is 11.7. The Bertz CT molecular complexity index is 738. The molecule has 0 saturated heterocycles. The van der Waals surface area contributed by atoms with Gasteiger partial charge in [-0.25, -0.2) is 4.98 Å². The second kappa shape index (κ2) is 5.66. The van der Waals surface area contributed by atoms with Gasteiger partial charge in [0.1, 0.15) is 6.33 Å². The predicted octanol–water partition coefficient (Wildman–Crippen LogP) is 2.43. The summed E-state index contributed by atoms with van der Waals surface area (Å²) in [5.74, 6) is -1.08. The number of nitrogens with zero attached hydrogens (tertiary/aromatic N) is 4. The van der Waals surface area contributed by atoms with Crippen LogP contribution in [-0.2, 0) is 0 Å². The molecule has 2 aromatic rings. The summed E-state index contributed by atoms with van der Waals surface area (Å²) in [6.07, 6.45) is 0.961. The van der Waals surface area contributed by atoms with Crippen LogP contribution in [0.1, 0.15) is 0 Å². The summed E-state index contributed by atoms with van der Waals surface area (Å²) in [5.41, 5.74) is 4.35. The first kappa shape index (κ1) is 14.6. The quantitative estimate of drug-likeness (QED) is 0.649. The van der Waals surface area contributed by atoms with Crippen molar-refractivity contribution in [2.75, 3.05) is 5.73 Å². The number of aromatic nitrogens is 2. The third-order valence-corrected chi connectivity index (χ3v) is 2.82. The Morgan fingerprint density at radius 3 is 2.52 bits per heavy atom. The number of halogens is 1. The highest BCUT2D eigenvalue weighted by Crippen LogP contribution is 2.37. The standard InChI is InChI=1S/C10H6BrN5O5/c11-5-1-2-7(6(3-5)15(17)18)21-10-8(16(19)20)9(12)13-4-14-10/h1-4H,(H2,12,13,14). The van der Waals surface area contributed by atoms with Crippen LogP contribution in [0.2, 0.25) is 0 Å². The van der Waals surface area contributed by atoms with Crippen LogP contribution in [0.3, 0.4) is 0 Å². The molecule has 0 unspecified atom stereocenters. The number of nitrogen functional groups attached to an aromatic ring is 1. The van der Waals surface area contributed by atoms with Gasteiger partial charge in [-0.05, 0) is 12.1 Å². The molecule has 0 fully saturated rings. The lowest BCUT2D eigenvalue weighted by atomic mass is 10.3. The molecule has 0 aliphatic heterocycles. The highest BCUT2D eigenvalue weighted by atomic mass is 79.9. The Hall–Kier alpha value is -2.82. The van der Waals surface area contributed by atoms with Gasteiger partial charge in [-0.1, -0.05) is 15.9 Å². The van der Waals surface area contributed by atoms with E-state index in [1.54, 1.807) is 0 Å². The van der Waals surface area contributed by atoms with Gasteiger partial charge < -0.3 is 10.5 Å². The molecule has 2 rings (SSSR count). The Morgan fingerprint density at radius 1 is 1.19 bits per heavy atom. The number of benzene rings is 1. The highest BCUT2D eigenvalue weighted by Gasteiger charge is 2.26. The van der Waals surface area contributed by atoms with Crippen LogP contribution in [0.5, 0.6) is 11.6 Å². The number of nitro benzene ring substituents is 1. The summed E-state index contributed by atoms with van der Waals surface area (Å²) in [7, 11) is 0. The first-order chi connectivity index (χ1) is 9.90. The van der Waals surface area contributed by atoms with Crippen molar-refractivity contribution in [1.82, 2.24) is 9.97 Å². The molecule has 0 atom stereocenters. The van der Waals surface area contributed by atoms with E-state index in [-0.39, 0.29) is 11.4 Å². The first-order valence-electron chi connectivity index (χ1n) is 5.27. The number of nitro groups is 2. The number of rotatable bonds is 4. The lowest BCUT2D eigenvalue weighted by Crippen LogP contribution is -2.03. The van der Waals surface area contributed by atoms with Crippen LogP contribution in [0, 0.1) is 20.2 Å². The third kappa shape index (κ3) is 3.02. The molecular weight excluding hydrogens is 350 g/mol. The molecule has 10 nitrogen and oxygen atoms in total. The van der Waals surface area contributed by atoms with E-state index in [9.17, 15) is 20.2 Å². The molecular formula is C10H6BrN5O5. The lowest BCUT2D eigenvalue weighted by Gasteiger charge is -2.06. The largest absolute Gasteiger partial charge is 0.426 e. The van der Waals surface area contributed by atoms with Crippen molar-refractivity contribution < 1.29 is 14.6 Å². The number of hydrogen-bond donors (Lipinski definition) is 1. The second-order valence-electron chi connectivity index (χ2n) is 3.64. The molecule has 0 aliphatic carbocycles. The van der Waals surface area contributed by atoms with Gasteiger partial charge >= 0.3 is 17.3 Å². The smallest absolute Gasteiger partial charge is 0.372 e. The maximum atomic E-state index is 11.0. The molecule has 0 aliphatic rings. The molecule has 0 spiro atoms. The van der Waals surface area contributed by atoms with Gasteiger partial charge in [0.25, 0.3) is 0 Å². The molecule has 1 heterocycles. The summed E-state index contributed by atoms with van der Waals surface area (Å²) in [6, 6.07) is 3.97. The van der Waals surface area contributed by atoms with E-state index in [1.807, 2.05) is 0 Å². The SMILES string of the molecule is Nc1ncnc(Oc2ccc(Br)cc2[N+](=O)[O-])c1[N+](=O)[O-]. The van der Waals surface area contributed by atoms with Crippen molar-refractivity contribution in [3.05, 3.63) is 49.2 Å². The molecule has 21 heavy (non-hydrogen) atoms. The van der Waals surface area contributed by atoms with Gasteiger partial charge in [0.2, 0.25) is 11.6 Å². The van der Waals surface area contributed by atoms with Gasteiger partial charge in [0.05, 0.1) is 9.85 Å². The Morgan fingerprint density at radius 2 is 1.90 bits per heavy atom. The minimum atomic E-state index is -0.824. The molecule has 1 aromatic carbocycles. The Kier molecular flexibility index (Phi) is 3.93. The van der Waals surface area contributed by atoms with Crippen LogP contribution in [-0.4, -0.2) is 19.8 Å². The van der Waals surface area contributed by atoms with E-state index in [1.165, 1.54) is 18.2 Å². The minimum Gasteiger partial charge on any atom is -0.426 e. The van der Waals surface area contributed by atoms with Crippen LogP contribution < -0.4 is 10.5 Å². The number of anilines is 1. The Labute approximate surface area is 125 Å². The summed E-state index contributed by atoms with van der Waals surface area (Å²) in [6.45, 7) is 0. The van der Waals surface area contributed by atoms with Crippen LogP contribution in [0.15, 0.2) is 29.0 Å². The molecule has 11 heteroatoms. The molecule has 1 aromatic heterocycles. The highest BCUT2D eigenvalue weighted by molar-refractivity contribution is 9.10. The second-order valence-corrected chi connectivity index (χ2v) is 4.56. The predicted molar refractivity (Wildman–Crippen MR) is 74.0 cm³/mol. The summed E-state index contributed by atoms with van der Waals surface area (Å²) < 4.78 is 5.62. The molecule has 108 valence electrons. The maximum Gasteiger partial charge on any atom is 0.372 e. The van der Waals surface area contributed by atoms with Gasteiger partial charge in [-0.15, -0.1) is 0 Å². The van der Waals surface area contributed by atoms with Gasteiger partial charge in [-0.2, -0.15) is 4.98 Å². The average Bonchev–Trinajstić information content (AvgIpc) is 2.40. The van der Waals surface area contributed by atoms with Crippen LogP contribution in [0.4, 0.5) is 17.2 Å². The topological polar surface area (TPSA) is 147 Å². The number of hydrogen-bond acceptors (Lipinski definition) is 8. The van der Waals surface area contributed by atoms with Crippen molar-refractivity contribution in [1.29, 1.82) is 0 Å². The van der Waals surface area contributed by atoms with Crippen molar-refractivity contribution >= 4 is 33.1 Å². The van der Waals surface area contributed by atoms with Crippen molar-refractivity contribution in [2.45, 2.75) is 0 Å². The fourth-order valence-electron chi connectivity index (χ4n) is 1.45. The fourth-order valence-corrected chi connectivity index (χ4v) is 1.79.